The molecule has 0 N–H and O–H groups in total. The summed E-state index contributed by atoms with van der Waals surface area (Å²) in [6.07, 6.45) is 90.8. The van der Waals surface area contributed by atoms with Crippen LogP contribution in [-0.2, 0) is 28.6 Å². The third kappa shape index (κ3) is 62.7. The molecular formula is C72H120O6. The lowest BCUT2D eigenvalue weighted by Gasteiger charge is -2.18. The van der Waals surface area contributed by atoms with Crippen molar-refractivity contribution in [3.8, 4) is 0 Å². The highest BCUT2D eigenvalue weighted by atomic mass is 16.6. The maximum absolute atomic E-state index is 12.9. The molecule has 0 spiro atoms. The van der Waals surface area contributed by atoms with Gasteiger partial charge in [0.25, 0.3) is 0 Å². The molecule has 0 aromatic carbocycles. The quantitative estimate of drug-likeness (QED) is 0.0261. The summed E-state index contributed by atoms with van der Waals surface area (Å²) in [6, 6.07) is 0. The van der Waals surface area contributed by atoms with E-state index < -0.39 is 6.10 Å². The molecule has 0 aliphatic rings. The van der Waals surface area contributed by atoms with E-state index in [1.54, 1.807) is 0 Å². The number of carbonyl (C=O) groups is 3. The van der Waals surface area contributed by atoms with Crippen molar-refractivity contribution in [1.29, 1.82) is 0 Å². The van der Waals surface area contributed by atoms with Gasteiger partial charge >= 0.3 is 17.9 Å². The van der Waals surface area contributed by atoms with Crippen LogP contribution in [0.25, 0.3) is 0 Å². The Morgan fingerprint density at radius 3 is 0.808 bits per heavy atom. The molecule has 0 aromatic heterocycles. The van der Waals surface area contributed by atoms with Crippen molar-refractivity contribution in [3.05, 3.63) is 122 Å². The molecule has 0 aliphatic carbocycles. The minimum Gasteiger partial charge on any atom is -0.462 e. The van der Waals surface area contributed by atoms with E-state index in [4.69, 9.17) is 14.2 Å². The zero-order valence-electron chi connectivity index (χ0n) is 50.9. The van der Waals surface area contributed by atoms with Crippen molar-refractivity contribution < 1.29 is 28.6 Å². The van der Waals surface area contributed by atoms with Gasteiger partial charge in [0.1, 0.15) is 13.2 Å². The summed E-state index contributed by atoms with van der Waals surface area (Å²) < 4.78 is 16.9. The summed E-state index contributed by atoms with van der Waals surface area (Å²) in [5.74, 6) is -0.894. The zero-order chi connectivity index (χ0) is 56.4. The highest BCUT2D eigenvalue weighted by Crippen LogP contribution is 2.15. The number of hydrogen-bond donors (Lipinski definition) is 0. The van der Waals surface area contributed by atoms with Gasteiger partial charge in [-0.1, -0.05) is 284 Å². The van der Waals surface area contributed by atoms with Crippen LogP contribution in [0.1, 0.15) is 297 Å². The van der Waals surface area contributed by atoms with Crippen LogP contribution in [0.15, 0.2) is 122 Å². The fourth-order valence-corrected chi connectivity index (χ4v) is 8.84. The first kappa shape index (κ1) is 73.8. The topological polar surface area (TPSA) is 78.9 Å². The van der Waals surface area contributed by atoms with Gasteiger partial charge < -0.3 is 14.2 Å². The maximum Gasteiger partial charge on any atom is 0.306 e. The van der Waals surface area contributed by atoms with Gasteiger partial charge in [0, 0.05) is 19.3 Å². The Kier molecular flexibility index (Phi) is 61.8. The normalized spacial score (nSPS) is 12.9. The Balaban J connectivity index is 4.18. The Morgan fingerprint density at radius 1 is 0.269 bits per heavy atom. The lowest BCUT2D eigenvalue weighted by atomic mass is 10.1. The average Bonchev–Trinajstić information content (AvgIpc) is 3.44. The fraction of sp³-hybridized carbons (Fsp3) is 0.681. The molecule has 1 atom stereocenters. The average molecular weight is 1080 g/mol. The maximum atomic E-state index is 12.9. The van der Waals surface area contributed by atoms with Crippen LogP contribution in [0.5, 0.6) is 0 Å². The van der Waals surface area contributed by atoms with Gasteiger partial charge in [-0.2, -0.15) is 0 Å². The Labute approximate surface area is 482 Å². The number of ether oxygens (including phenoxy) is 3. The molecule has 6 heteroatoms. The van der Waals surface area contributed by atoms with E-state index in [0.29, 0.717) is 19.3 Å². The Bertz CT molecular complexity index is 1620. The second-order valence-electron chi connectivity index (χ2n) is 21.3. The van der Waals surface area contributed by atoms with Gasteiger partial charge in [-0.25, -0.2) is 0 Å². The van der Waals surface area contributed by atoms with Crippen molar-refractivity contribution in [1.82, 2.24) is 0 Å². The van der Waals surface area contributed by atoms with Crippen LogP contribution in [0.3, 0.4) is 0 Å². The lowest BCUT2D eigenvalue weighted by Crippen LogP contribution is -2.30. The number of hydrogen-bond acceptors (Lipinski definition) is 6. The largest absolute Gasteiger partial charge is 0.462 e. The minimum absolute atomic E-state index is 0.0817. The third-order valence-electron chi connectivity index (χ3n) is 13.7. The van der Waals surface area contributed by atoms with Crippen molar-refractivity contribution >= 4 is 17.9 Å². The SMILES string of the molecule is CC/C=C\C/C=C\C/C=C\C/C=C\C/C=C\C/C=C\C/C=C\C/C=C\CCCCCCCCCCC(=O)OCC(COC(=O)CCCCCCCCCC)OC(=O)CCCCCCCCCCC/C=C\C/C=C\CCCCC. The molecule has 0 aliphatic heterocycles. The zero-order valence-corrected chi connectivity index (χ0v) is 50.9. The van der Waals surface area contributed by atoms with Gasteiger partial charge in [-0.15, -0.1) is 0 Å². The molecule has 0 rings (SSSR count). The van der Waals surface area contributed by atoms with Gasteiger partial charge in [0.05, 0.1) is 0 Å². The number of allylic oxidation sites excluding steroid dienone is 20. The number of unbranched alkanes of at least 4 members (excludes halogenated alkanes) is 27. The van der Waals surface area contributed by atoms with Crippen LogP contribution >= 0.6 is 0 Å². The monoisotopic (exact) mass is 1080 g/mol. The molecule has 1 unspecified atom stereocenters. The van der Waals surface area contributed by atoms with Crippen molar-refractivity contribution in [2.24, 2.45) is 0 Å². The molecule has 0 bridgehead atoms. The van der Waals surface area contributed by atoms with Gasteiger partial charge in [0.2, 0.25) is 0 Å². The molecule has 0 saturated carbocycles. The van der Waals surface area contributed by atoms with E-state index in [-0.39, 0.29) is 31.1 Å². The Morgan fingerprint density at radius 2 is 0.500 bits per heavy atom. The summed E-state index contributed by atoms with van der Waals surface area (Å²) >= 11 is 0. The summed E-state index contributed by atoms with van der Waals surface area (Å²) in [5.41, 5.74) is 0. The van der Waals surface area contributed by atoms with E-state index in [9.17, 15) is 14.4 Å². The second kappa shape index (κ2) is 65.3. The van der Waals surface area contributed by atoms with E-state index in [0.717, 1.165) is 122 Å². The first-order valence-corrected chi connectivity index (χ1v) is 32.5. The van der Waals surface area contributed by atoms with E-state index >= 15 is 0 Å². The van der Waals surface area contributed by atoms with Crippen LogP contribution in [0, 0.1) is 0 Å². The molecule has 0 saturated heterocycles. The fourth-order valence-electron chi connectivity index (χ4n) is 8.84. The van der Waals surface area contributed by atoms with Crippen molar-refractivity contribution in [3.63, 3.8) is 0 Å². The molecule has 6 nitrogen and oxygen atoms in total. The molecule has 0 aromatic rings. The van der Waals surface area contributed by atoms with E-state index in [1.807, 2.05) is 0 Å². The molecule has 0 fully saturated rings. The molecule has 0 heterocycles. The van der Waals surface area contributed by atoms with Gasteiger partial charge in [-0.3, -0.25) is 14.4 Å². The number of carbonyl (C=O) groups excluding carboxylic acids is 3. The molecule has 78 heavy (non-hydrogen) atoms. The first-order chi connectivity index (χ1) is 38.5. The second-order valence-corrected chi connectivity index (χ2v) is 21.3. The van der Waals surface area contributed by atoms with Crippen LogP contribution < -0.4 is 0 Å². The predicted octanol–water partition coefficient (Wildman–Crippen LogP) is 22.4. The summed E-state index contributed by atoms with van der Waals surface area (Å²) in [5, 5.41) is 0. The van der Waals surface area contributed by atoms with Crippen molar-refractivity contribution in [2.45, 2.75) is 303 Å². The molecule has 0 radical (unpaired) electrons. The third-order valence-corrected chi connectivity index (χ3v) is 13.7. The highest BCUT2D eigenvalue weighted by Gasteiger charge is 2.19. The first-order valence-electron chi connectivity index (χ1n) is 32.5. The molecule has 444 valence electrons. The Hall–Kier alpha value is -4.19. The molecular weight excluding hydrogens is 961 g/mol. The lowest BCUT2D eigenvalue weighted by molar-refractivity contribution is -0.167. The standard InChI is InChI=1S/C72H120O6/c1-4-7-10-13-16-19-21-23-25-27-29-30-31-32-33-34-35-36-37-38-39-40-41-42-44-45-47-49-51-53-56-59-62-65-71(74)77-68-69(67-76-70(73)64-61-58-55-18-15-12-9-6-3)78-72(75)66-63-60-57-54-52-50-48-46-43-28-26-24-22-20-17-14-11-8-5-2/h7,10,16-17,19-20,23-26,29-30,32-33,35-36,38-39,41-42,69H,4-6,8-9,11-15,18,21-22,27-28,31,34,37,40,43-68H2,1-3H3/b10-7-,19-16-,20-17-,25-23-,26-24-,30-29-,33-32-,36-35-,39-38-,42-41-. The molecule has 0 amide bonds. The van der Waals surface area contributed by atoms with Crippen LogP contribution in [0.4, 0.5) is 0 Å². The minimum atomic E-state index is -0.784. The smallest absolute Gasteiger partial charge is 0.306 e. The number of esters is 3. The van der Waals surface area contributed by atoms with E-state index in [1.165, 1.54) is 135 Å². The number of rotatable bonds is 58. The van der Waals surface area contributed by atoms with Gasteiger partial charge in [0.15, 0.2) is 6.10 Å². The summed E-state index contributed by atoms with van der Waals surface area (Å²) in [4.78, 5) is 38.1. The van der Waals surface area contributed by atoms with E-state index in [2.05, 4.69) is 142 Å². The summed E-state index contributed by atoms with van der Waals surface area (Å²) in [7, 11) is 0. The highest BCUT2D eigenvalue weighted by molar-refractivity contribution is 5.71. The van der Waals surface area contributed by atoms with Crippen LogP contribution in [0.2, 0.25) is 0 Å². The van der Waals surface area contributed by atoms with Gasteiger partial charge in [-0.05, 0) is 116 Å². The predicted molar refractivity (Wildman–Crippen MR) is 339 cm³/mol. The van der Waals surface area contributed by atoms with Crippen molar-refractivity contribution in [2.75, 3.05) is 13.2 Å². The summed E-state index contributed by atoms with van der Waals surface area (Å²) in [6.45, 7) is 6.47. The van der Waals surface area contributed by atoms with Crippen LogP contribution in [-0.4, -0.2) is 37.2 Å².